The van der Waals surface area contributed by atoms with Crippen molar-refractivity contribution in [3.63, 3.8) is 0 Å². The molecule has 7 aromatic carbocycles. The van der Waals surface area contributed by atoms with Crippen LogP contribution in [0, 0.1) is 0 Å². The van der Waals surface area contributed by atoms with Crippen molar-refractivity contribution < 1.29 is 0 Å². The van der Waals surface area contributed by atoms with Gasteiger partial charge in [-0.05, 0) is 70.5 Å². The van der Waals surface area contributed by atoms with E-state index in [9.17, 15) is 0 Å². The maximum Gasteiger partial charge on any atom is 0.328 e. The van der Waals surface area contributed by atoms with Crippen LogP contribution in [0.25, 0.3) is 11.1 Å². The summed E-state index contributed by atoms with van der Waals surface area (Å²) in [6, 6.07) is 62.5. The van der Waals surface area contributed by atoms with E-state index in [2.05, 4.69) is 180 Å². The van der Waals surface area contributed by atoms with Crippen molar-refractivity contribution in [2.45, 2.75) is 9.79 Å². The van der Waals surface area contributed by atoms with Crippen molar-refractivity contribution >= 4 is 81.1 Å². The normalized spacial score (nSPS) is 13.7. The highest BCUT2D eigenvalue weighted by molar-refractivity contribution is 8.00. The van der Waals surface area contributed by atoms with Gasteiger partial charge in [0.1, 0.15) is 0 Å². The molecule has 0 bridgehead atoms. The summed E-state index contributed by atoms with van der Waals surface area (Å²) < 4.78 is 0. The van der Waals surface area contributed by atoms with E-state index < -0.39 is 0 Å². The molecule has 3 aliphatic rings. The first kappa shape index (κ1) is 26.8. The molecule has 0 saturated heterocycles. The molecule has 5 heteroatoms. The fourth-order valence-electron chi connectivity index (χ4n) is 8.08. The molecule has 0 fully saturated rings. The van der Waals surface area contributed by atoms with Crippen molar-refractivity contribution in [1.82, 2.24) is 0 Å². The van der Waals surface area contributed by atoms with Crippen molar-refractivity contribution in [1.29, 1.82) is 0 Å². The Morgan fingerprint density at radius 1 is 0.468 bits per heavy atom. The SMILES string of the molecule is c1ccc(B2c3cc4c5c(c3-c3ccccc3N2c2ccccc2)Sc2ccccc2B5c2ccccc2N4c2ccccc2)cc1. The Hall–Kier alpha value is -5.38. The number of anilines is 5. The lowest BCUT2D eigenvalue weighted by Gasteiger charge is -2.45. The Labute approximate surface area is 280 Å². The zero-order valence-electron chi connectivity index (χ0n) is 25.6. The van der Waals surface area contributed by atoms with Crippen LogP contribution >= 0.6 is 11.8 Å². The summed E-state index contributed by atoms with van der Waals surface area (Å²) in [7, 11) is 0. The van der Waals surface area contributed by atoms with Crippen molar-refractivity contribution in [2.75, 3.05) is 9.71 Å². The molecule has 3 aliphatic heterocycles. The van der Waals surface area contributed by atoms with Gasteiger partial charge in [-0.2, -0.15) is 0 Å². The minimum atomic E-state index is -0.0175. The van der Waals surface area contributed by atoms with E-state index in [1.165, 1.54) is 76.7 Å². The molecule has 0 aliphatic carbocycles. The van der Waals surface area contributed by atoms with Gasteiger partial charge in [0.2, 0.25) is 6.71 Å². The largest absolute Gasteiger partial charge is 0.376 e. The van der Waals surface area contributed by atoms with Gasteiger partial charge >= 0.3 is 6.85 Å². The molecule has 7 aromatic rings. The maximum atomic E-state index is 2.55. The van der Waals surface area contributed by atoms with Gasteiger partial charge in [0.15, 0.2) is 0 Å². The molecule has 0 radical (unpaired) electrons. The second-order valence-electron chi connectivity index (χ2n) is 12.4. The summed E-state index contributed by atoms with van der Waals surface area (Å²) >= 11 is 1.95. The number of hydrogen-bond acceptors (Lipinski definition) is 3. The van der Waals surface area contributed by atoms with Crippen molar-refractivity contribution in [2.24, 2.45) is 0 Å². The number of benzene rings is 7. The number of fused-ring (bicyclic) bond motifs is 8. The van der Waals surface area contributed by atoms with Gasteiger partial charge in [-0.1, -0.05) is 144 Å². The molecule has 47 heavy (non-hydrogen) atoms. The van der Waals surface area contributed by atoms with Crippen molar-refractivity contribution in [3.05, 3.63) is 170 Å². The Morgan fingerprint density at radius 2 is 1.06 bits per heavy atom. The van der Waals surface area contributed by atoms with Crippen LogP contribution in [0.3, 0.4) is 0 Å². The Morgan fingerprint density at radius 3 is 1.83 bits per heavy atom. The van der Waals surface area contributed by atoms with Crippen LogP contribution < -0.4 is 37.0 Å². The Kier molecular flexibility index (Phi) is 6.03. The quantitative estimate of drug-likeness (QED) is 0.192. The summed E-state index contributed by atoms with van der Waals surface area (Å²) in [4.78, 5) is 7.77. The average Bonchev–Trinajstić information content (AvgIpc) is 3.15. The molecule has 0 amide bonds. The second-order valence-corrected chi connectivity index (χ2v) is 13.5. The highest BCUT2D eigenvalue weighted by atomic mass is 32.2. The van der Waals surface area contributed by atoms with Gasteiger partial charge in [-0.25, -0.2) is 0 Å². The Bertz CT molecular complexity index is 2310. The zero-order chi connectivity index (χ0) is 30.9. The topological polar surface area (TPSA) is 6.48 Å². The summed E-state index contributed by atoms with van der Waals surface area (Å²) in [5.41, 5.74) is 15.5. The molecular weight excluding hydrogens is 586 g/mol. The molecule has 0 atom stereocenters. The third-order valence-electron chi connectivity index (χ3n) is 9.94. The van der Waals surface area contributed by atoms with E-state index in [0.717, 1.165) is 0 Å². The van der Waals surface area contributed by atoms with E-state index in [-0.39, 0.29) is 13.6 Å². The van der Waals surface area contributed by atoms with E-state index in [4.69, 9.17) is 0 Å². The third-order valence-corrected chi connectivity index (χ3v) is 11.2. The molecule has 0 aromatic heterocycles. The number of rotatable bonds is 3. The molecular formula is C42H28B2N2S. The van der Waals surface area contributed by atoms with Gasteiger partial charge in [0, 0.05) is 43.8 Å². The minimum absolute atomic E-state index is 0.0175. The zero-order valence-corrected chi connectivity index (χ0v) is 26.4. The number of para-hydroxylation sites is 4. The summed E-state index contributed by atoms with van der Waals surface area (Å²) in [5, 5.41) is 0. The number of hydrogen-bond donors (Lipinski definition) is 0. The first-order valence-electron chi connectivity index (χ1n) is 16.3. The first-order chi connectivity index (χ1) is 23.4. The van der Waals surface area contributed by atoms with Crippen LogP contribution in [0.4, 0.5) is 28.4 Å². The average molecular weight is 614 g/mol. The second kappa shape index (κ2) is 10.6. The minimum Gasteiger partial charge on any atom is -0.376 e. The van der Waals surface area contributed by atoms with Crippen LogP contribution in [-0.4, -0.2) is 13.6 Å². The number of nitrogens with zero attached hydrogens (tertiary/aromatic N) is 2. The van der Waals surface area contributed by atoms with Gasteiger partial charge in [-0.3, -0.25) is 0 Å². The fourth-order valence-corrected chi connectivity index (χ4v) is 9.41. The lowest BCUT2D eigenvalue weighted by Crippen LogP contribution is -2.62. The standard InChI is InChI=1S/C42H28B2N2S/c1-4-16-29(17-5-1)44-35-28-38-41-42(40(35)32-22-10-13-25-36(32)46(44)31-20-8-3-9-21-31)47-39-27-15-12-24-34(39)43(41)33-23-11-14-26-37(33)45(38)30-18-6-2-7-19-30/h1-28H. The highest BCUT2D eigenvalue weighted by Gasteiger charge is 2.46. The van der Waals surface area contributed by atoms with E-state index in [0.29, 0.717) is 0 Å². The predicted molar refractivity (Wildman–Crippen MR) is 202 cm³/mol. The van der Waals surface area contributed by atoms with Gasteiger partial charge in [0.25, 0.3) is 0 Å². The highest BCUT2D eigenvalue weighted by Crippen LogP contribution is 2.48. The first-order valence-corrected chi connectivity index (χ1v) is 17.1. The molecule has 218 valence electrons. The summed E-state index contributed by atoms with van der Waals surface area (Å²) in [6.07, 6.45) is 0. The van der Waals surface area contributed by atoms with E-state index >= 15 is 0 Å². The third kappa shape index (κ3) is 3.96. The van der Waals surface area contributed by atoms with Crippen LogP contribution in [-0.2, 0) is 0 Å². The fraction of sp³-hybridized carbons (Fsp3) is 0. The van der Waals surface area contributed by atoms with E-state index in [1.807, 2.05) is 11.8 Å². The Balaban J connectivity index is 1.36. The molecule has 10 rings (SSSR count). The van der Waals surface area contributed by atoms with Crippen molar-refractivity contribution in [3.8, 4) is 11.1 Å². The predicted octanol–water partition coefficient (Wildman–Crippen LogP) is 7.38. The summed E-state index contributed by atoms with van der Waals surface area (Å²) in [5.74, 6) is 0. The molecule has 0 saturated carbocycles. The molecule has 0 unspecified atom stereocenters. The molecule has 3 heterocycles. The lowest BCUT2D eigenvalue weighted by molar-refractivity contribution is 1.27. The molecule has 2 nitrogen and oxygen atoms in total. The van der Waals surface area contributed by atoms with Crippen LogP contribution in [0.5, 0.6) is 0 Å². The smallest absolute Gasteiger partial charge is 0.328 e. The monoisotopic (exact) mass is 614 g/mol. The maximum absolute atomic E-state index is 2.55. The summed E-state index contributed by atoms with van der Waals surface area (Å²) in [6.45, 7) is 0.129. The van der Waals surface area contributed by atoms with Crippen LogP contribution in [0.1, 0.15) is 0 Å². The van der Waals surface area contributed by atoms with Gasteiger partial charge in [0.05, 0.1) is 0 Å². The van der Waals surface area contributed by atoms with Gasteiger partial charge < -0.3 is 9.71 Å². The lowest BCUT2D eigenvalue weighted by atomic mass is 9.34. The molecule has 0 N–H and O–H groups in total. The van der Waals surface area contributed by atoms with Crippen LogP contribution in [0.2, 0.25) is 0 Å². The van der Waals surface area contributed by atoms with E-state index in [1.54, 1.807) is 0 Å². The molecule has 0 spiro atoms. The van der Waals surface area contributed by atoms with Gasteiger partial charge in [-0.15, -0.1) is 0 Å². The van der Waals surface area contributed by atoms with Crippen LogP contribution in [0.15, 0.2) is 180 Å².